The first kappa shape index (κ1) is 11.3. The summed E-state index contributed by atoms with van der Waals surface area (Å²) in [5.41, 5.74) is 6.42. The zero-order valence-electron chi connectivity index (χ0n) is 9.43. The molecule has 5 nitrogen and oxygen atoms in total. The van der Waals surface area contributed by atoms with Crippen LogP contribution in [0.25, 0.3) is 0 Å². The number of aryl methyl sites for hydroxylation is 1. The van der Waals surface area contributed by atoms with Gasteiger partial charge in [-0.05, 0) is 36.8 Å². The Bertz CT molecular complexity index is 534. The molecule has 0 aromatic carbocycles. The summed E-state index contributed by atoms with van der Waals surface area (Å²) in [4.78, 5) is 15.8. The molecule has 0 spiro atoms. The SMILES string of the molecule is Cc1ccnc(NC(=O)c2ccc(CN)o2)c1. The Labute approximate surface area is 98.6 Å². The van der Waals surface area contributed by atoms with Gasteiger partial charge in [0.2, 0.25) is 0 Å². The molecule has 3 N–H and O–H groups in total. The van der Waals surface area contributed by atoms with E-state index < -0.39 is 0 Å². The number of rotatable bonds is 3. The maximum Gasteiger partial charge on any atom is 0.292 e. The molecule has 0 fully saturated rings. The third-order valence-corrected chi connectivity index (χ3v) is 2.24. The van der Waals surface area contributed by atoms with Crippen molar-refractivity contribution < 1.29 is 9.21 Å². The average Bonchev–Trinajstić information content (AvgIpc) is 2.77. The van der Waals surface area contributed by atoms with Crippen molar-refractivity contribution in [3.8, 4) is 0 Å². The van der Waals surface area contributed by atoms with Gasteiger partial charge < -0.3 is 15.5 Å². The van der Waals surface area contributed by atoms with Crippen molar-refractivity contribution in [3.63, 3.8) is 0 Å². The number of furan rings is 1. The highest BCUT2D eigenvalue weighted by molar-refractivity contribution is 6.01. The summed E-state index contributed by atoms with van der Waals surface area (Å²) in [5, 5.41) is 2.65. The van der Waals surface area contributed by atoms with E-state index in [1.54, 1.807) is 24.4 Å². The Kier molecular flexibility index (Phi) is 3.20. The second-order valence-electron chi connectivity index (χ2n) is 3.64. The van der Waals surface area contributed by atoms with Crippen LogP contribution in [0.4, 0.5) is 5.82 Å². The monoisotopic (exact) mass is 231 g/mol. The molecule has 2 heterocycles. The quantitative estimate of drug-likeness (QED) is 0.842. The van der Waals surface area contributed by atoms with E-state index in [0.717, 1.165) is 5.56 Å². The summed E-state index contributed by atoms with van der Waals surface area (Å²) >= 11 is 0. The Morgan fingerprint density at radius 1 is 1.47 bits per heavy atom. The van der Waals surface area contributed by atoms with Crippen LogP contribution in [-0.2, 0) is 6.54 Å². The van der Waals surface area contributed by atoms with Gasteiger partial charge in [0.15, 0.2) is 5.76 Å². The summed E-state index contributed by atoms with van der Waals surface area (Å²) in [5.74, 6) is 0.976. The lowest BCUT2D eigenvalue weighted by atomic mass is 10.3. The molecular formula is C12H13N3O2. The number of hydrogen-bond acceptors (Lipinski definition) is 4. The maximum atomic E-state index is 11.8. The molecule has 0 saturated carbocycles. The molecular weight excluding hydrogens is 218 g/mol. The molecule has 2 aromatic rings. The Hall–Kier alpha value is -2.14. The number of anilines is 1. The molecule has 0 saturated heterocycles. The Morgan fingerprint density at radius 2 is 2.29 bits per heavy atom. The third-order valence-electron chi connectivity index (χ3n) is 2.24. The lowest BCUT2D eigenvalue weighted by Gasteiger charge is -2.02. The van der Waals surface area contributed by atoms with Crippen molar-refractivity contribution in [1.29, 1.82) is 0 Å². The van der Waals surface area contributed by atoms with E-state index >= 15 is 0 Å². The zero-order chi connectivity index (χ0) is 12.3. The molecule has 1 amide bonds. The van der Waals surface area contributed by atoms with Crippen LogP contribution in [-0.4, -0.2) is 10.9 Å². The number of nitrogens with two attached hydrogens (primary N) is 1. The van der Waals surface area contributed by atoms with E-state index in [1.807, 2.05) is 13.0 Å². The van der Waals surface area contributed by atoms with E-state index in [1.165, 1.54) is 0 Å². The van der Waals surface area contributed by atoms with Crippen LogP contribution >= 0.6 is 0 Å². The van der Waals surface area contributed by atoms with Crippen LogP contribution < -0.4 is 11.1 Å². The Balaban J connectivity index is 2.11. The minimum Gasteiger partial charge on any atom is -0.455 e. The first-order chi connectivity index (χ1) is 8.19. The van der Waals surface area contributed by atoms with Crippen molar-refractivity contribution in [2.45, 2.75) is 13.5 Å². The standard InChI is InChI=1S/C12H13N3O2/c1-8-4-5-14-11(6-8)15-12(16)10-3-2-9(7-13)17-10/h2-6H,7,13H2,1H3,(H,14,15,16). The molecule has 0 unspecified atom stereocenters. The number of carbonyl (C=O) groups is 1. The van der Waals surface area contributed by atoms with Crippen LogP contribution in [0.2, 0.25) is 0 Å². The second kappa shape index (κ2) is 4.80. The number of nitrogens with one attached hydrogen (secondary N) is 1. The van der Waals surface area contributed by atoms with E-state index in [-0.39, 0.29) is 18.2 Å². The molecule has 0 radical (unpaired) electrons. The summed E-state index contributed by atoms with van der Waals surface area (Å²) in [6.07, 6.45) is 1.64. The molecule has 5 heteroatoms. The number of aromatic nitrogens is 1. The maximum absolute atomic E-state index is 11.8. The molecule has 2 aromatic heterocycles. The predicted molar refractivity (Wildman–Crippen MR) is 63.5 cm³/mol. The van der Waals surface area contributed by atoms with Gasteiger partial charge >= 0.3 is 0 Å². The largest absolute Gasteiger partial charge is 0.455 e. The van der Waals surface area contributed by atoms with Gasteiger partial charge in [-0.25, -0.2) is 4.98 Å². The van der Waals surface area contributed by atoms with Gasteiger partial charge in [-0.15, -0.1) is 0 Å². The molecule has 0 aliphatic heterocycles. The van der Waals surface area contributed by atoms with Gasteiger partial charge in [0.05, 0.1) is 6.54 Å². The predicted octanol–water partition coefficient (Wildman–Crippen LogP) is 1.69. The minimum absolute atomic E-state index is 0.230. The third kappa shape index (κ3) is 2.70. The van der Waals surface area contributed by atoms with Gasteiger partial charge in [0.1, 0.15) is 11.6 Å². The number of hydrogen-bond donors (Lipinski definition) is 2. The van der Waals surface area contributed by atoms with E-state index in [0.29, 0.717) is 11.6 Å². The molecule has 0 bridgehead atoms. The smallest absolute Gasteiger partial charge is 0.292 e. The fourth-order valence-electron chi connectivity index (χ4n) is 1.39. The molecule has 0 aliphatic carbocycles. The van der Waals surface area contributed by atoms with Gasteiger partial charge in [-0.3, -0.25) is 4.79 Å². The van der Waals surface area contributed by atoms with Crippen molar-refractivity contribution in [3.05, 3.63) is 47.5 Å². The van der Waals surface area contributed by atoms with Crippen molar-refractivity contribution in [1.82, 2.24) is 4.98 Å². The minimum atomic E-state index is -0.331. The molecule has 0 aliphatic rings. The average molecular weight is 231 g/mol. The van der Waals surface area contributed by atoms with Crippen molar-refractivity contribution in [2.75, 3.05) is 5.32 Å². The highest BCUT2D eigenvalue weighted by atomic mass is 16.4. The summed E-state index contributed by atoms with van der Waals surface area (Å²) in [6.45, 7) is 2.20. The second-order valence-corrected chi connectivity index (χ2v) is 3.64. The fourth-order valence-corrected chi connectivity index (χ4v) is 1.39. The number of pyridine rings is 1. The van der Waals surface area contributed by atoms with E-state index in [4.69, 9.17) is 10.2 Å². The molecule has 2 rings (SSSR count). The van der Waals surface area contributed by atoms with Crippen molar-refractivity contribution >= 4 is 11.7 Å². The first-order valence-electron chi connectivity index (χ1n) is 5.22. The van der Waals surface area contributed by atoms with Crippen LogP contribution in [0.5, 0.6) is 0 Å². The highest BCUT2D eigenvalue weighted by Gasteiger charge is 2.11. The van der Waals surface area contributed by atoms with Crippen molar-refractivity contribution in [2.24, 2.45) is 5.73 Å². The molecule has 88 valence electrons. The number of nitrogens with zero attached hydrogens (tertiary/aromatic N) is 1. The number of carbonyl (C=O) groups excluding carboxylic acids is 1. The van der Waals surface area contributed by atoms with Gasteiger partial charge in [-0.2, -0.15) is 0 Å². The van der Waals surface area contributed by atoms with Crippen LogP contribution in [0.1, 0.15) is 21.9 Å². The van der Waals surface area contributed by atoms with Gasteiger partial charge in [-0.1, -0.05) is 0 Å². The zero-order valence-corrected chi connectivity index (χ0v) is 9.43. The topological polar surface area (TPSA) is 81.2 Å². The number of amides is 1. The molecule has 17 heavy (non-hydrogen) atoms. The molecule has 0 atom stereocenters. The van der Waals surface area contributed by atoms with Crippen LogP contribution in [0.15, 0.2) is 34.9 Å². The Morgan fingerprint density at radius 3 is 2.94 bits per heavy atom. The summed E-state index contributed by atoms with van der Waals surface area (Å²) < 4.78 is 5.23. The van der Waals surface area contributed by atoms with Gasteiger partial charge in [0.25, 0.3) is 5.91 Å². The lowest BCUT2D eigenvalue weighted by molar-refractivity contribution is 0.0994. The van der Waals surface area contributed by atoms with Crippen LogP contribution in [0, 0.1) is 6.92 Å². The van der Waals surface area contributed by atoms with E-state index in [2.05, 4.69) is 10.3 Å². The summed E-state index contributed by atoms with van der Waals surface area (Å²) in [7, 11) is 0. The van der Waals surface area contributed by atoms with Gasteiger partial charge in [0, 0.05) is 6.20 Å². The highest BCUT2D eigenvalue weighted by Crippen LogP contribution is 2.11. The van der Waals surface area contributed by atoms with Crippen LogP contribution in [0.3, 0.4) is 0 Å². The lowest BCUT2D eigenvalue weighted by Crippen LogP contribution is -2.12. The van der Waals surface area contributed by atoms with E-state index in [9.17, 15) is 4.79 Å². The summed E-state index contributed by atoms with van der Waals surface area (Å²) in [6, 6.07) is 6.91. The normalized spacial score (nSPS) is 10.2. The first-order valence-corrected chi connectivity index (χ1v) is 5.22. The fraction of sp³-hybridized carbons (Fsp3) is 0.167.